The molecule has 1 rings (SSSR count). The van der Waals surface area contributed by atoms with Crippen LogP contribution in [-0.2, 0) is 4.74 Å². The van der Waals surface area contributed by atoms with Crippen molar-refractivity contribution in [2.24, 2.45) is 5.92 Å². The lowest BCUT2D eigenvalue weighted by Crippen LogP contribution is -2.57. The minimum absolute atomic E-state index is 0.0928. The van der Waals surface area contributed by atoms with Gasteiger partial charge in [-0.05, 0) is 25.7 Å². The van der Waals surface area contributed by atoms with E-state index in [9.17, 15) is 35.1 Å². The molecular formula is C11H14F8O. The molecule has 0 aromatic heterocycles. The van der Waals surface area contributed by atoms with Gasteiger partial charge < -0.3 is 4.74 Å². The highest BCUT2D eigenvalue weighted by Gasteiger charge is 2.69. The molecule has 0 spiro atoms. The summed E-state index contributed by atoms with van der Waals surface area (Å²) >= 11 is 0. The van der Waals surface area contributed by atoms with Gasteiger partial charge in [-0.25, -0.2) is 8.78 Å². The molecule has 0 saturated heterocycles. The Kier molecular flexibility index (Phi) is 4.63. The van der Waals surface area contributed by atoms with Crippen molar-refractivity contribution in [2.45, 2.75) is 56.5 Å². The van der Waals surface area contributed by atoms with Gasteiger partial charge in [-0.2, -0.15) is 26.3 Å². The highest BCUT2D eigenvalue weighted by atomic mass is 19.4. The predicted molar refractivity (Wildman–Crippen MR) is 53.4 cm³/mol. The topological polar surface area (TPSA) is 9.23 Å². The van der Waals surface area contributed by atoms with E-state index in [0.717, 1.165) is 0 Å². The first kappa shape index (κ1) is 17.5. The van der Waals surface area contributed by atoms with Crippen LogP contribution in [0.4, 0.5) is 35.1 Å². The van der Waals surface area contributed by atoms with Crippen LogP contribution in [0.25, 0.3) is 0 Å². The standard InChI is InChI=1S/C11H14F8O/c1-8(10(14,15)16,11(17,18)19)20-6-7-2-4-9(12,13)5-3-7/h7H,2-6H2,1H3. The number of ether oxygens (including phenoxy) is 1. The Balaban J connectivity index is 2.66. The molecule has 1 aliphatic carbocycles. The Hall–Kier alpha value is -0.600. The zero-order chi connectivity index (χ0) is 15.8. The molecule has 1 saturated carbocycles. The van der Waals surface area contributed by atoms with Gasteiger partial charge in [-0.1, -0.05) is 0 Å². The van der Waals surface area contributed by atoms with Crippen molar-refractivity contribution in [3.05, 3.63) is 0 Å². The van der Waals surface area contributed by atoms with Crippen molar-refractivity contribution in [2.75, 3.05) is 6.61 Å². The second-order valence-corrected chi connectivity index (χ2v) is 5.14. The zero-order valence-corrected chi connectivity index (χ0v) is 10.5. The third-order valence-electron chi connectivity index (χ3n) is 3.53. The summed E-state index contributed by atoms with van der Waals surface area (Å²) in [6.07, 6.45) is -12.6. The lowest BCUT2D eigenvalue weighted by atomic mass is 9.87. The summed E-state index contributed by atoms with van der Waals surface area (Å²) in [4.78, 5) is 0. The first-order valence-corrected chi connectivity index (χ1v) is 5.94. The van der Waals surface area contributed by atoms with Crippen LogP contribution in [-0.4, -0.2) is 30.5 Å². The van der Waals surface area contributed by atoms with Crippen LogP contribution in [0.2, 0.25) is 0 Å². The van der Waals surface area contributed by atoms with Crippen LogP contribution in [0.5, 0.6) is 0 Å². The third-order valence-corrected chi connectivity index (χ3v) is 3.53. The highest BCUT2D eigenvalue weighted by Crippen LogP contribution is 2.46. The van der Waals surface area contributed by atoms with Crippen molar-refractivity contribution in [1.29, 1.82) is 0 Å². The van der Waals surface area contributed by atoms with E-state index in [1.165, 1.54) is 0 Å². The van der Waals surface area contributed by atoms with E-state index in [4.69, 9.17) is 0 Å². The number of halogens is 8. The van der Waals surface area contributed by atoms with Gasteiger partial charge in [0.2, 0.25) is 5.92 Å². The molecule has 1 aliphatic rings. The summed E-state index contributed by atoms with van der Waals surface area (Å²) in [6, 6.07) is 0. The summed E-state index contributed by atoms with van der Waals surface area (Å²) < 4.78 is 105. The van der Waals surface area contributed by atoms with E-state index in [1.54, 1.807) is 0 Å². The lowest BCUT2D eigenvalue weighted by Gasteiger charge is -2.36. The average Bonchev–Trinajstić information content (AvgIpc) is 2.24. The van der Waals surface area contributed by atoms with Crippen LogP contribution in [0, 0.1) is 5.92 Å². The molecule has 0 heterocycles. The maximum atomic E-state index is 12.8. The summed E-state index contributed by atoms with van der Waals surface area (Å²) in [5.41, 5.74) is -4.28. The maximum Gasteiger partial charge on any atom is 0.426 e. The maximum absolute atomic E-state index is 12.8. The Morgan fingerprint density at radius 3 is 1.70 bits per heavy atom. The van der Waals surface area contributed by atoms with Crippen LogP contribution in [0.1, 0.15) is 32.6 Å². The van der Waals surface area contributed by atoms with E-state index in [0.29, 0.717) is 0 Å². The van der Waals surface area contributed by atoms with Gasteiger partial charge in [0.1, 0.15) is 0 Å². The predicted octanol–water partition coefficient (Wildman–Crippen LogP) is 4.71. The average molecular weight is 314 g/mol. The van der Waals surface area contributed by atoms with Crippen LogP contribution in [0.15, 0.2) is 0 Å². The SMILES string of the molecule is CC(OCC1CCC(F)(F)CC1)(C(F)(F)F)C(F)(F)F. The molecule has 0 bridgehead atoms. The van der Waals surface area contributed by atoms with E-state index >= 15 is 0 Å². The molecule has 0 amide bonds. The van der Waals surface area contributed by atoms with E-state index in [-0.39, 0.29) is 19.8 Å². The molecule has 9 heteroatoms. The summed E-state index contributed by atoms with van der Waals surface area (Å²) in [5.74, 6) is -3.62. The largest absolute Gasteiger partial charge is 0.426 e. The Labute approximate surface area is 110 Å². The molecule has 120 valence electrons. The Morgan fingerprint density at radius 1 is 0.950 bits per heavy atom. The number of hydrogen-bond acceptors (Lipinski definition) is 1. The van der Waals surface area contributed by atoms with Gasteiger partial charge >= 0.3 is 12.4 Å². The molecule has 0 aromatic carbocycles. The first-order valence-electron chi connectivity index (χ1n) is 5.94. The van der Waals surface area contributed by atoms with E-state index < -0.39 is 49.2 Å². The Morgan fingerprint density at radius 2 is 1.35 bits per heavy atom. The fourth-order valence-electron chi connectivity index (χ4n) is 1.88. The fourth-order valence-corrected chi connectivity index (χ4v) is 1.88. The molecule has 0 unspecified atom stereocenters. The van der Waals surface area contributed by atoms with Gasteiger partial charge in [0.05, 0.1) is 6.61 Å². The number of rotatable bonds is 3. The van der Waals surface area contributed by atoms with E-state index in [2.05, 4.69) is 4.74 Å². The van der Waals surface area contributed by atoms with Crippen LogP contribution < -0.4 is 0 Å². The molecule has 0 atom stereocenters. The molecule has 0 N–H and O–H groups in total. The summed E-state index contributed by atoms with van der Waals surface area (Å²) in [7, 11) is 0. The normalized spacial score (nSPS) is 22.1. The molecule has 0 aromatic rings. The molecule has 1 nitrogen and oxygen atoms in total. The molecule has 20 heavy (non-hydrogen) atoms. The third kappa shape index (κ3) is 3.73. The number of alkyl halides is 8. The Bertz CT molecular complexity index is 308. The molecule has 1 fully saturated rings. The molecule has 0 radical (unpaired) electrons. The van der Waals surface area contributed by atoms with Crippen LogP contribution in [0.3, 0.4) is 0 Å². The molecule has 0 aliphatic heterocycles. The minimum atomic E-state index is -5.62. The molecular weight excluding hydrogens is 300 g/mol. The lowest BCUT2D eigenvalue weighted by molar-refractivity contribution is -0.376. The first-order chi connectivity index (χ1) is 8.79. The van der Waals surface area contributed by atoms with Gasteiger partial charge in [-0.3, -0.25) is 0 Å². The van der Waals surface area contributed by atoms with Crippen molar-refractivity contribution in [3.63, 3.8) is 0 Å². The summed E-state index contributed by atoms with van der Waals surface area (Å²) in [5, 5.41) is 0. The van der Waals surface area contributed by atoms with Gasteiger partial charge in [0.25, 0.3) is 5.60 Å². The van der Waals surface area contributed by atoms with Gasteiger partial charge in [-0.15, -0.1) is 0 Å². The monoisotopic (exact) mass is 314 g/mol. The van der Waals surface area contributed by atoms with Crippen molar-refractivity contribution in [3.8, 4) is 0 Å². The van der Waals surface area contributed by atoms with Crippen molar-refractivity contribution >= 4 is 0 Å². The highest BCUT2D eigenvalue weighted by molar-refractivity contribution is 4.92. The van der Waals surface area contributed by atoms with Crippen molar-refractivity contribution in [1.82, 2.24) is 0 Å². The fraction of sp³-hybridized carbons (Fsp3) is 1.00. The van der Waals surface area contributed by atoms with E-state index in [1.807, 2.05) is 0 Å². The second kappa shape index (κ2) is 5.31. The number of hydrogen-bond donors (Lipinski definition) is 0. The summed E-state index contributed by atoms with van der Waals surface area (Å²) in [6.45, 7) is -0.934. The zero-order valence-electron chi connectivity index (χ0n) is 10.5. The van der Waals surface area contributed by atoms with Crippen molar-refractivity contribution < 1.29 is 39.9 Å². The minimum Gasteiger partial charge on any atom is -0.358 e. The van der Waals surface area contributed by atoms with Gasteiger partial charge in [0.15, 0.2) is 0 Å². The quantitative estimate of drug-likeness (QED) is 0.685. The van der Waals surface area contributed by atoms with Gasteiger partial charge in [0, 0.05) is 12.8 Å². The second-order valence-electron chi connectivity index (χ2n) is 5.14. The van der Waals surface area contributed by atoms with Crippen LogP contribution >= 0.6 is 0 Å². The smallest absolute Gasteiger partial charge is 0.358 e.